The number of unbranched alkanes of at least 4 members (excludes halogenated alkanes) is 1. The van der Waals surface area contributed by atoms with E-state index in [1.54, 1.807) is 6.92 Å². The minimum absolute atomic E-state index is 0.0450. The Bertz CT molecular complexity index is 332. The Morgan fingerprint density at radius 2 is 2.00 bits per heavy atom. The third-order valence-electron chi connectivity index (χ3n) is 2.36. The molecule has 0 aliphatic rings. The van der Waals surface area contributed by atoms with E-state index in [4.69, 9.17) is 4.74 Å². The molecule has 0 N–H and O–H groups in total. The molecule has 1 atom stereocenters. The standard InChI is InChI=1S/C13H17BrO2/c1-3-4-9-16-10(2)13(15)11-5-7-12(14)8-6-11/h5-8,10H,3-4,9H2,1-2H3. The Morgan fingerprint density at radius 1 is 1.38 bits per heavy atom. The van der Waals surface area contributed by atoms with Gasteiger partial charge in [-0.3, -0.25) is 4.79 Å². The summed E-state index contributed by atoms with van der Waals surface area (Å²) in [7, 11) is 0. The van der Waals surface area contributed by atoms with Crippen LogP contribution in [0.5, 0.6) is 0 Å². The van der Waals surface area contributed by atoms with Gasteiger partial charge in [0, 0.05) is 16.6 Å². The zero-order chi connectivity index (χ0) is 12.0. The fourth-order valence-electron chi connectivity index (χ4n) is 1.33. The molecule has 0 radical (unpaired) electrons. The van der Waals surface area contributed by atoms with E-state index in [0.717, 1.165) is 17.3 Å². The Morgan fingerprint density at radius 3 is 2.56 bits per heavy atom. The van der Waals surface area contributed by atoms with Gasteiger partial charge in [-0.15, -0.1) is 0 Å². The second kappa shape index (κ2) is 6.81. The molecule has 0 amide bonds. The monoisotopic (exact) mass is 284 g/mol. The molecule has 0 aromatic heterocycles. The zero-order valence-electron chi connectivity index (χ0n) is 9.70. The Hall–Kier alpha value is -0.670. The maximum absolute atomic E-state index is 11.9. The van der Waals surface area contributed by atoms with Gasteiger partial charge >= 0.3 is 0 Å². The zero-order valence-corrected chi connectivity index (χ0v) is 11.3. The largest absolute Gasteiger partial charge is 0.370 e. The van der Waals surface area contributed by atoms with Crippen LogP contribution in [0.1, 0.15) is 37.0 Å². The first-order chi connectivity index (χ1) is 7.65. The van der Waals surface area contributed by atoms with E-state index in [0.29, 0.717) is 12.2 Å². The number of halogens is 1. The van der Waals surface area contributed by atoms with Crippen molar-refractivity contribution in [1.82, 2.24) is 0 Å². The fourth-order valence-corrected chi connectivity index (χ4v) is 1.59. The molecule has 0 aliphatic carbocycles. The van der Waals surface area contributed by atoms with Crippen LogP contribution in [-0.2, 0) is 4.74 Å². The van der Waals surface area contributed by atoms with Crippen molar-refractivity contribution in [2.24, 2.45) is 0 Å². The van der Waals surface area contributed by atoms with Gasteiger partial charge in [0.05, 0.1) is 0 Å². The number of rotatable bonds is 6. The van der Waals surface area contributed by atoms with Crippen LogP contribution in [-0.4, -0.2) is 18.5 Å². The lowest BCUT2D eigenvalue weighted by molar-refractivity contribution is 0.0468. The minimum Gasteiger partial charge on any atom is -0.370 e. The maximum atomic E-state index is 11.9. The summed E-state index contributed by atoms with van der Waals surface area (Å²) in [6.45, 7) is 4.56. The van der Waals surface area contributed by atoms with Crippen LogP contribution in [0.25, 0.3) is 0 Å². The number of Topliss-reactive ketones (excluding diaryl/α,β-unsaturated/α-hetero) is 1. The molecule has 0 aliphatic heterocycles. The van der Waals surface area contributed by atoms with Crippen LogP contribution in [0.3, 0.4) is 0 Å². The van der Waals surface area contributed by atoms with Crippen LogP contribution < -0.4 is 0 Å². The van der Waals surface area contributed by atoms with Gasteiger partial charge in [-0.1, -0.05) is 41.4 Å². The van der Waals surface area contributed by atoms with Crippen LogP contribution in [0.4, 0.5) is 0 Å². The molecule has 3 heteroatoms. The second-order valence-corrected chi connectivity index (χ2v) is 4.65. The van der Waals surface area contributed by atoms with E-state index in [2.05, 4.69) is 22.9 Å². The molecular formula is C13H17BrO2. The normalized spacial score (nSPS) is 12.4. The van der Waals surface area contributed by atoms with Crippen LogP contribution >= 0.6 is 15.9 Å². The van der Waals surface area contributed by atoms with Crippen molar-refractivity contribution < 1.29 is 9.53 Å². The van der Waals surface area contributed by atoms with Gasteiger partial charge in [-0.25, -0.2) is 0 Å². The summed E-state index contributed by atoms with van der Waals surface area (Å²) < 4.78 is 6.44. The molecular weight excluding hydrogens is 268 g/mol. The number of carbonyl (C=O) groups is 1. The highest BCUT2D eigenvalue weighted by molar-refractivity contribution is 9.10. The first-order valence-corrected chi connectivity index (χ1v) is 6.35. The van der Waals surface area contributed by atoms with E-state index in [1.165, 1.54) is 0 Å². The third kappa shape index (κ3) is 4.06. The summed E-state index contributed by atoms with van der Waals surface area (Å²) in [5.74, 6) is 0.0450. The van der Waals surface area contributed by atoms with E-state index in [-0.39, 0.29) is 11.9 Å². The highest BCUT2D eigenvalue weighted by Gasteiger charge is 2.14. The number of carbonyl (C=O) groups excluding carboxylic acids is 1. The molecule has 0 heterocycles. The first kappa shape index (κ1) is 13.4. The Balaban J connectivity index is 2.53. The molecule has 88 valence electrons. The molecule has 16 heavy (non-hydrogen) atoms. The molecule has 1 aromatic rings. The molecule has 2 nitrogen and oxygen atoms in total. The van der Waals surface area contributed by atoms with Crippen molar-refractivity contribution in [3.8, 4) is 0 Å². The summed E-state index contributed by atoms with van der Waals surface area (Å²) in [6, 6.07) is 7.36. The molecule has 1 aromatic carbocycles. The molecule has 0 bridgehead atoms. The molecule has 1 rings (SSSR count). The van der Waals surface area contributed by atoms with Gasteiger partial charge in [-0.2, -0.15) is 0 Å². The molecule has 0 saturated carbocycles. The minimum atomic E-state index is -0.354. The predicted molar refractivity (Wildman–Crippen MR) is 68.8 cm³/mol. The summed E-state index contributed by atoms with van der Waals surface area (Å²) in [5, 5.41) is 0. The summed E-state index contributed by atoms with van der Waals surface area (Å²) in [5.41, 5.74) is 0.701. The van der Waals surface area contributed by atoms with E-state index >= 15 is 0 Å². The number of benzene rings is 1. The highest BCUT2D eigenvalue weighted by Crippen LogP contribution is 2.13. The average Bonchev–Trinajstić information content (AvgIpc) is 2.29. The Kier molecular flexibility index (Phi) is 5.71. The van der Waals surface area contributed by atoms with Crippen molar-refractivity contribution in [1.29, 1.82) is 0 Å². The van der Waals surface area contributed by atoms with Gasteiger partial charge in [0.1, 0.15) is 6.10 Å². The Labute approximate surface area is 105 Å². The highest BCUT2D eigenvalue weighted by atomic mass is 79.9. The lowest BCUT2D eigenvalue weighted by Crippen LogP contribution is -2.21. The summed E-state index contributed by atoms with van der Waals surface area (Å²) in [6.07, 6.45) is 1.73. The number of ketones is 1. The predicted octanol–water partition coefficient (Wildman–Crippen LogP) is 3.84. The summed E-state index contributed by atoms with van der Waals surface area (Å²) in [4.78, 5) is 11.9. The van der Waals surface area contributed by atoms with Crippen LogP contribution in [0, 0.1) is 0 Å². The fraction of sp³-hybridized carbons (Fsp3) is 0.462. The quantitative estimate of drug-likeness (QED) is 0.586. The van der Waals surface area contributed by atoms with Crippen LogP contribution in [0.2, 0.25) is 0 Å². The second-order valence-electron chi connectivity index (χ2n) is 3.74. The number of hydrogen-bond donors (Lipinski definition) is 0. The number of hydrogen-bond acceptors (Lipinski definition) is 2. The van der Waals surface area contributed by atoms with Gasteiger partial charge in [0.25, 0.3) is 0 Å². The lowest BCUT2D eigenvalue weighted by Gasteiger charge is -2.11. The van der Waals surface area contributed by atoms with E-state index in [9.17, 15) is 4.79 Å². The SMILES string of the molecule is CCCCOC(C)C(=O)c1ccc(Br)cc1. The van der Waals surface area contributed by atoms with Crippen molar-refractivity contribution in [2.75, 3.05) is 6.61 Å². The van der Waals surface area contributed by atoms with Gasteiger partial charge in [0.2, 0.25) is 0 Å². The van der Waals surface area contributed by atoms with Gasteiger partial charge < -0.3 is 4.74 Å². The molecule has 1 unspecified atom stereocenters. The van der Waals surface area contributed by atoms with E-state index in [1.807, 2.05) is 24.3 Å². The molecule has 0 saturated heterocycles. The maximum Gasteiger partial charge on any atom is 0.191 e. The average molecular weight is 285 g/mol. The third-order valence-corrected chi connectivity index (χ3v) is 2.89. The van der Waals surface area contributed by atoms with Crippen molar-refractivity contribution in [3.05, 3.63) is 34.3 Å². The first-order valence-electron chi connectivity index (χ1n) is 5.56. The van der Waals surface area contributed by atoms with E-state index < -0.39 is 0 Å². The van der Waals surface area contributed by atoms with Gasteiger partial charge in [-0.05, 0) is 25.5 Å². The van der Waals surface area contributed by atoms with Crippen molar-refractivity contribution >= 4 is 21.7 Å². The van der Waals surface area contributed by atoms with Gasteiger partial charge in [0.15, 0.2) is 5.78 Å². The van der Waals surface area contributed by atoms with Crippen LogP contribution in [0.15, 0.2) is 28.7 Å². The topological polar surface area (TPSA) is 26.3 Å². The molecule has 0 spiro atoms. The lowest BCUT2D eigenvalue weighted by atomic mass is 10.1. The smallest absolute Gasteiger partial charge is 0.191 e. The van der Waals surface area contributed by atoms with Crippen molar-refractivity contribution in [2.45, 2.75) is 32.8 Å². The molecule has 0 fully saturated rings. The van der Waals surface area contributed by atoms with Crippen molar-refractivity contribution in [3.63, 3.8) is 0 Å². The number of ether oxygens (including phenoxy) is 1. The summed E-state index contributed by atoms with van der Waals surface area (Å²) >= 11 is 3.34.